The summed E-state index contributed by atoms with van der Waals surface area (Å²) in [5, 5.41) is 5.12. The fourth-order valence-electron chi connectivity index (χ4n) is 10.9. The van der Waals surface area contributed by atoms with Gasteiger partial charge >= 0.3 is 0 Å². The molecule has 13 rings (SSSR count). The van der Waals surface area contributed by atoms with Crippen LogP contribution in [0.4, 0.5) is 17.1 Å². The van der Waals surface area contributed by atoms with Crippen molar-refractivity contribution in [1.29, 1.82) is 0 Å². The van der Waals surface area contributed by atoms with Crippen molar-refractivity contribution in [2.24, 2.45) is 0 Å². The first kappa shape index (κ1) is 39.1. The molecule has 0 saturated carbocycles. The predicted octanol–water partition coefficient (Wildman–Crippen LogP) is 18.0. The second-order valence-corrected chi connectivity index (χ2v) is 18.6. The van der Waals surface area contributed by atoms with Gasteiger partial charge in [-0.05, 0) is 121 Å². The standard InChI is InChI=1S/C65H43NS/c1-3-22-51(23-4-1)65(52-24-5-2-6-25-52)59-31-11-9-28-58(59)63-60(65)32-16-33-61(63)66(53-39-37-45(38-40-53)49-36-35-44-17-7-8-18-46(44)41-49)54-26-14-20-48(43-54)47-19-13-21-50(42-47)55-29-15-30-57-56-27-10-12-34-62(56)67-64(55)57/h1-43H. The third-order valence-electron chi connectivity index (χ3n) is 13.9. The molecule has 1 aliphatic rings. The van der Waals surface area contributed by atoms with Crippen LogP contribution in [0.2, 0.25) is 0 Å². The second kappa shape index (κ2) is 16.0. The highest BCUT2D eigenvalue weighted by Gasteiger charge is 2.47. The minimum atomic E-state index is -0.518. The molecule has 0 atom stereocenters. The van der Waals surface area contributed by atoms with Gasteiger partial charge < -0.3 is 4.90 Å². The van der Waals surface area contributed by atoms with Gasteiger partial charge in [0.25, 0.3) is 0 Å². The maximum Gasteiger partial charge on any atom is 0.0714 e. The summed E-state index contributed by atoms with van der Waals surface area (Å²) in [6, 6.07) is 96.4. The van der Waals surface area contributed by atoms with Gasteiger partial charge in [-0.1, -0.05) is 212 Å². The van der Waals surface area contributed by atoms with E-state index in [2.05, 4.69) is 266 Å². The van der Waals surface area contributed by atoms with E-state index in [0.29, 0.717) is 0 Å². The topological polar surface area (TPSA) is 3.24 Å². The summed E-state index contributed by atoms with van der Waals surface area (Å²) in [6.07, 6.45) is 0. The summed E-state index contributed by atoms with van der Waals surface area (Å²) in [6.45, 7) is 0. The van der Waals surface area contributed by atoms with E-state index in [1.54, 1.807) is 0 Å². The molecule has 1 heterocycles. The number of benzene rings is 11. The van der Waals surface area contributed by atoms with Crippen LogP contribution in [0.1, 0.15) is 22.3 Å². The first-order valence-corrected chi connectivity index (χ1v) is 23.9. The van der Waals surface area contributed by atoms with Crippen LogP contribution in [0.5, 0.6) is 0 Å². The van der Waals surface area contributed by atoms with Gasteiger partial charge in [-0.15, -0.1) is 11.3 Å². The average Bonchev–Trinajstić information content (AvgIpc) is 3.94. The third-order valence-corrected chi connectivity index (χ3v) is 15.1. The van der Waals surface area contributed by atoms with E-state index in [-0.39, 0.29) is 0 Å². The van der Waals surface area contributed by atoms with E-state index in [1.165, 1.54) is 92.1 Å². The molecule has 12 aromatic rings. The molecule has 0 bridgehead atoms. The zero-order valence-corrected chi connectivity index (χ0v) is 37.5. The zero-order valence-electron chi connectivity index (χ0n) is 36.7. The fraction of sp³-hybridized carbons (Fsp3) is 0.0154. The van der Waals surface area contributed by atoms with Gasteiger partial charge in [0.1, 0.15) is 0 Å². The molecule has 0 saturated heterocycles. The Bertz CT molecular complexity index is 3770. The van der Waals surface area contributed by atoms with Gasteiger partial charge in [0, 0.05) is 37.1 Å². The summed E-state index contributed by atoms with van der Waals surface area (Å²) in [7, 11) is 0. The van der Waals surface area contributed by atoms with E-state index in [4.69, 9.17) is 0 Å². The molecule has 0 fully saturated rings. The van der Waals surface area contributed by atoms with Crippen molar-refractivity contribution in [2.45, 2.75) is 5.41 Å². The predicted molar refractivity (Wildman–Crippen MR) is 285 cm³/mol. The largest absolute Gasteiger partial charge is 0.310 e. The van der Waals surface area contributed by atoms with Crippen LogP contribution in [-0.4, -0.2) is 0 Å². The van der Waals surface area contributed by atoms with Gasteiger partial charge in [-0.2, -0.15) is 0 Å². The van der Waals surface area contributed by atoms with Crippen molar-refractivity contribution in [3.63, 3.8) is 0 Å². The second-order valence-electron chi connectivity index (χ2n) is 17.6. The molecule has 0 amide bonds. The number of hydrogen-bond donors (Lipinski definition) is 0. The maximum atomic E-state index is 2.48. The van der Waals surface area contributed by atoms with Gasteiger partial charge in [0.05, 0.1) is 11.1 Å². The van der Waals surface area contributed by atoms with Crippen LogP contribution in [0.3, 0.4) is 0 Å². The highest BCUT2D eigenvalue weighted by Crippen LogP contribution is 2.59. The molecule has 2 heteroatoms. The molecule has 67 heavy (non-hydrogen) atoms. The lowest BCUT2D eigenvalue weighted by atomic mass is 9.68. The molecule has 0 unspecified atom stereocenters. The van der Waals surface area contributed by atoms with Crippen LogP contribution in [0.25, 0.3) is 75.5 Å². The quantitative estimate of drug-likeness (QED) is 0.147. The lowest BCUT2D eigenvalue weighted by Crippen LogP contribution is -2.28. The Balaban J connectivity index is 1.00. The molecular formula is C65H43NS. The monoisotopic (exact) mass is 869 g/mol. The number of fused-ring (bicyclic) bond motifs is 7. The molecule has 0 spiro atoms. The average molecular weight is 870 g/mol. The molecule has 1 nitrogen and oxygen atoms in total. The Morgan fingerprint density at radius 1 is 0.328 bits per heavy atom. The van der Waals surface area contributed by atoms with Crippen LogP contribution in [0, 0.1) is 0 Å². The number of anilines is 3. The summed E-state index contributed by atoms with van der Waals surface area (Å²) >= 11 is 1.88. The van der Waals surface area contributed by atoms with Crippen LogP contribution in [-0.2, 0) is 5.41 Å². The number of thiophene rings is 1. The minimum Gasteiger partial charge on any atom is -0.310 e. The molecule has 11 aromatic carbocycles. The summed E-state index contributed by atoms with van der Waals surface area (Å²) in [5.74, 6) is 0. The van der Waals surface area contributed by atoms with Crippen molar-refractivity contribution in [2.75, 3.05) is 4.90 Å². The first-order chi connectivity index (χ1) is 33.2. The molecule has 0 aliphatic heterocycles. The Morgan fingerprint density at radius 2 is 0.910 bits per heavy atom. The van der Waals surface area contributed by atoms with Crippen LogP contribution < -0.4 is 4.90 Å². The lowest BCUT2D eigenvalue weighted by Gasteiger charge is -2.34. The van der Waals surface area contributed by atoms with Crippen molar-refractivity contribution >= 4 is 59.3 Å². The highest BCUT2D eigenvalue weighted by molar-refractivity contribution is 7.26. The van der Waals surface area contributed by atoms with Crippen LogP contribution in [0.15, 0.2) is 261 Å². The van der Waals surface area contributed by atoms with Gasteiger partial charge in [0.15, 0.2) is 0 Å². The van der Waals surface area contributed by atoms with Crippen molar-refractivity contribution in [3.8, 4) is 44.5 Å². The SMILES string of the molecule is c1ccc(C2(c3ccccc3)c3ccccc3-c3c(N(c4ccc(-c5ccc6ccccc6c5)cc4)c4cccc(-c5cccc(-c6cccc7c6sc6ccccc67)c5)c4)cccc32)cc1. The van der Waals surface area contributed by atoms with E-state index in [9.17, 15) is 0 Å². The third kappa shape index (κ3) is 6.37. The number of hydrogen-bond acceptors (Lipinski definition) is 2. The smallest absolute Gasteiger partial charge is 0.0714 e. The Morgan fingerprint density at radius 3 is 1.73 bits per heavy atom. The minimum absolute atomic E-state index is 0.518. The summed E-state index contributed by atoms with van der Waals surface area (Å²) in [4.78, 5) is 2.48. The molecule has 1 aliphatic carbocycles. The van der Waals surface area contributed by atoms with E-state index < -0.39 is 5.41 Å². The Hall–Kier alpha value is -8.30. The normalized spacial score (nSPS) is 12.6. The molecule has 0 N–H and O–H groups in total. The number of nitrogens with zero attached hydrogens (tertiary/aromatic N) is 1. The van der Waals surface area contributed by atoms with E-state index in [1.807, 2.05) is 11.3 Å². The molecule has 1 aromatic heterocycles. The highest BCUT2D eigenvalue weighted by atomic mass is 32.1. The van der Waals surface area contributed by atoms with Gasteiger partial charge in [-0.25, -0.2) is 0 Å². The summed E-state index contributed by atoms with van der Waals surface area (Å²) < 4.78 is 2.65. The molecule has 314 valence electrons. The zero-order chi connectivity index (χ0) is 44.3. The Kier molecular flexibility index (Phi) is 9.33. The fourth-order valence-corrected chi connectivity index (χ4v) is 12.2. The van der Waals surface area contributed by atoms with Crippen molar-refractivity contribution in [1.82, 2.24) is 0 Å². The first-order valence-electron chi connectivity index (χ1n) is 23.1. The number of rotatable bonds is 8. The molecule has 0 radical (unpaired) electrons. The van der Waals surface area contributed by atoms with E-state index >= 15 is 0 Å². The van der Waals surface area contributed by atoms with Crippen molar-refractivity contribution < 1.29 is 0 Å². The van der Waals surface area contributed by atoms with E-state index in [0.717, 1.165) is 22.6 Å². The Labute approximate surface area is 395 Å². The summed E-state index contributed by atoms with van der Waals surface area (Å²) in [5.41, 5.74) is 17.6. The molecular weight excluding hydrogens is 827 g/mol. The lowest BCUT2D eigenvalue weighted by molar-refractivity contribution is 0.768. The van der Waals surface area contributed by atoms with Gasteiger partial charge in [0.2, 0.25) is 0 Å². The maximum absolute atomic E-state index is 2.48. The van der Waals surface area contributed by atoms with Crippen molar-refractivity contribution in [3.05, 3.63) is 283 Å². The van der Waals surface area contributed by atoms with Gasteiger partial charge in [-0.3, -0.25) is 0 Å². The van der Waals surface area contributed by atoms with Crippen LogP contribution >= 0.6 is 11.3 Å².